The Morgan fingerprint density at radius 3 is 2.89 bits per heavy atom. The lowest BCUT2D eigenvalue weighted by Crippen LogP contribution is -2.25. The van der Waals surface area contributed by atoms with Crippen molar-refractivity contribution in [1.82, 2.24) is 0 Å². The van der Waals surface area contributed by atoms with E-state index in [0.29, 0.717) is 6.04 Å². The summed E-state index contributed by atoms with van der Waals surface area (Å²) < 4.78 is 0. The summed E-state index contributed by atoms with van der Waals surface area (Å²) in [5.41, 5.74) is 3.14. The van der Waals surface area contributed by atoms with E-state index in [1.807, 2.05) is 30.8 Å². The number of amides is 1. The second kappa shape index (κ2) is 6.14. The Hall–Kier alpha value is -1.16. The lowest BCUT2D eigenvalue weighted by atomic mass is 10.1. The third-order valence-electron chi connectivity index (χ3n) is 3.07. The van der Waals surface area contributed by atoms with Gasteiger partial charge in [-0.1, -0.05) is 0 Å². The first kappa shape index (κ1) is 13.3. The van der Waals surface area contributed by atoms with E-state index in [2.05, 4.69) is 16.7 Å². The van der Waals surface area contributed by atoms with Gasteiger partial charge in [-0.15, -0.1) is 0 Å². The third-order valence-corrected chi connectivity index (χ3v) is 4.28. The number of aryl methyl sites for hydroxylation is 1. The summed E-state index contributed by atoms with van der Waals surface area (Å²) in [5, 5.41) is 6.40. The van der Waals surface area contributed by atoms with E-state index in [4.69, 9.17) is 0 Å². The van der Waals surface area contributed by atoms with Gasteiger partial charge in [0, 0.05) is 30.1 Å². The molecular formula is C14H20N2OS. The molecule has 1 aliphatic rings. The zero-order chi connectivity index (χ0) is 13.0. The van der Waals surface area contributed by atoms with Crippen LogP contribution in [0, 0.1) is 6.92 Å². The van der Waals surface area contributed by atoms with Gasteiger partial charge in [0.25, 0.3) is 0 Å². The quantitative estimate of drug-likeness (QED) is 0.880. The van der Waals surface area contributed by atoms with Crippen LogP contribution in [0.15, 0.2) is 18.2 Å². The van der Waals surface area contributed by atoms with Crippen molar-refractivity contribution >= 4 is 29.0 Å². The normalized spacial score (nSPS) is 19.3. The highest BCUT2D eigenvalue weighted by Crippen LogP contribution is 2.24. The van der Waals surface area contributed by atoms with Crippen molar-refractivity contribution in [2.75, 3.05) is 22.1 Å². The predicted molar refractivity (Wildman–Crippen MR) is 79.5 cm³/mol. The number of carbonyl (C=O) groups excluding carboxylic acids is 1. The summed E-state index contributed by atoms with van der Waals surface area (Å²) in [6.07, 6.45) is 2.55. The maximum Gasteiger partial charge on any atom is 0.221 e. The van der Waals surface area contributed by atoms with E-state index < -0.39 is 0 Å². The summed E-state index contributed by atoms with van der Waals surface area (Å²) in [6, 6.07) is 6.69. The summed E-state index contributed by atoms with van der Waals surface area (Å²) in [7, 11) is 0. The van der Waals surface area contributed by atoms with Gasteiger partial charge in [0.15, 0.2) is 0 Å². The van der Waals surface area contributed by atoms with Crippen molar-refractivity contribution < 1.29 is 4.79 Å². The minimum atomic E-state index is -0.0255. The molecule has 0 aliphatic carbocycles. The highest BCUT2D eigenvalue weighted by Gasteiger charge is 2.13. The van der Waals surface area contributed by atoms with E-state index in [0.717, 1.165) is 16.9 Å². The molecule has 1 heterocycles. The number of nitrogens with one attached hydrogen (secondary N) is 2. The summed E-state index contributed by atoms with van der Waals surface area (Å²) in [4.78, 5) is 11.0. The number of thioether (sulfide) groups is 1. The summed E-state index contributed by atoms with van der Waals surface area (Å²) >= 11 is 2.02. The van der Waals surface area contributed by atoms with Crippen LogP contribution >= 0.6 is 11.8 Å². The highest BCUT2D eigenvalue weighted by molar-refractivity contribution is 7.99. The van der Waals surface area contributed by atoms with Gasteiger partial charge in [0.1, 0.15) is 0 Å². The molecule has 1 fully saturated rings. The first-order valence-corrected chi connectivity index (χ1v) is 7.53. The predicted octanol–water partition coefficient (Wildman–Crippen LogP) is 3.26. The zero-order valence-electron chi connectivity index (χ0n) is 11.0. The average Bonchev–Trinajstić information content (AvgIpc) is 2.33. The molecule has 0 saturated carbocycles. The number of rotatable bonds is 3. The molecule has 0 aromatic heterocycles. The van der Waals surface area contributed by atoms with Gasteiger partial charge in [-0.05, 0) is 49.3 Å². The molecule has 1 atom stereocenters. The molecule has 0 bridgehead atoms. The van der Waals surface area contributed by atoms with E-state index in [1.165, 1.54) is 31.3 Å². The Morgan fingerprint density at radius 2 is 2.28 bits per heavy atom. The minimum absolute atomic E-state index is 0.0255. The van der Waals surface area contributed by atoms with Crippen molar-refractivity contribution in [2.45, 2.75) is 32.7 Å². The molecule has 1 amide bonds. The lowest BCUT2D eigenvalue weighted by Gasteiger charge is -2.24. The Kier molecular flexibility index (Phi) is 4.53. The topological polar surface area (TPSA) is 41.1 Å². The number of anilines is 2. The molecular weight excluding hydrogens is 244 g/mol. The van der Waals surface area contributed by atoms with Gasteiger partial charge in [-0.3, -0.25) is 4.79 Å². The summed E-state index contributed by atoms with van der Waals surface area (Å²) in [6.45, 7) is 3.55. The van der Waals surface area contributed by atoms with Crippen LogP contribution in [-0.4, -0.2) is 23.5 Å². The summed E-state index contributed by atoms with van der Waals surface area (Å²) in [5.74, 6) is 2.45. The number of hydrogen-bond donors (Lipinski definition) is 2. The van der Waals surface area contributed by atoms with Crippen LogP contribution in [0.5, 0.6) is 0 Å². The van der Waals surface area contributed by atoms with Crippen LogP contribution in [0.1, 0.15) is 25.3 Å². The van der Waals surface area contributed by atoms with Crippen molar-refractivity contribution in [3.05, 3.63) is 23.8 Å². The van der Waals surface area contributed by atoms with Crippen molar-refractivity contribution in [2.24, 2.45) is 0 Å². The molecule has 1 aromatic rings. The Labute approximate surface area is 113 Å². The third kappa shape index (κ3) is 3.67. The number of benzene rings is 1. The van der Waals surface area contributed by atoms with Crippen LogP contribution in [-0.2, 0) is 4.79 Å². The van der Waals surface area contributed by atoms with Crippen molar-refractivity contribution in [3.8, 4) is 0 Å². The van der Waals surface area contributed by atoms with E-state index in [9.17, 15) is 4.79 Å². The zero-order valence-corrected chi connectivity index (χ0v) is 11.8. The molecule has 0 radical (unpaired) electrons. The van der Waals surface area contributed by atoms with Gasteiger partial charge in [-0.2, -0.15) is 11.8 Å². The average molecular weight is 264 g/mol. The van der Waals surface area contributed by atoms with Crippen LogP contribution in [0.2, 0.25) is 0 Å². The van der Waals surface area contributed by atoms with Crippen LogP contribution < -0.4 is 10.6 Å². The monoisotopic (exact) mass is 264 g/mol. The van der Waals surface area contributed by atoms with Gasteiger partial charge in [0.05, 0.1) is 0 Å². The molecule has 3 nitrogen and oxygen atoms in total. The van der Waals surface area contributed by atoms with Crippen molar-refractivity contribution in [1.29, 1.82) is 0 Å². The first-order valence-electron chi connectivity index (χ1n) is 6.37. The molecule has 0 spiro atoms. The standard InChI is InChI=1S/C14H20N2OS/c1-10-8-12(5-6-14(10)15-11(2)17)16-13-4-3-7-18-9-13/h5-6,8,13,16H,3-4,7,9H2,1-2H3,(H,15,17). The van der Waals surface area contributed by atoms with E-state index in [-0.39, 0.29) is 5.91 Å². The second-order valence-corrected chi connectivity index (χ2v) is 5.92. The van der Waals surface area contributed by atoms with E-state index >= 15 is 0 Å². The first-order chi connectivity index (χ1) is 8.65. The SMILES string of the molecule is CC(=O)Nc1ccc(NC2CCCSC2)cc1C. The van der Waals surface area contributed by atoms with Crippen LogP contribution in [0.4, 0.5) is 11.4 Å². The highest BCUT2D eigenvalue weighted by atomic mass is 32.2. The van der Waals surface area contributed by atoms with Crippen LogP contribution in [0.25, 0.3) is 0 Å². The Balaban J connectivity index is 2.01. The maximum absolute atomic E-state index is 11.0. The van der Waals surface area contributed by atoms with Gasteiger partial charge in [0.2, 0.25) is 5.91 Å². The largest absolute Gasteiger partial charge is 0.381 e. The second-order valence-electron chi connectivity index (χ2n) is 4.77. The minimum Gasteiger partial charge on any atom is -0.381 e. The molecule has 2 rings (SSSR count). The molecule has 18 heavy (non-hydrogen) atoms. The molecule has 1 saturated heterocycles. The van der Waals surface area contributed by atoms with Crippen molar-refractivity contribution in [3.63, 3.8) is 0 Å². The Bertz CT molecular complexity index is 428. The molecule has 1 aliphatic heterocycles. The van der Waals surface area contributed by atoms with Gasteiger partial charge in [-0.25, -0.2) is 0 Å². The molecule has 1 aromatic carbocycles. The number of carbonyl (C=O) groups is 1. The smallest absolute Gasteiger partial charge is 0.221 e. The fourth-order valence-electron chi connectivity index (χ4n) is 2.17. The molecule has 2 N–H and O–H groups in total. The van der Waals surface area contributed by atoms with E-state index in [1.54, 1.807) is 0 Å². The maximum atomic E-state index is 11.0. The van der Waals surface area contributed by atoms with Gasteiger partial charge >= 0.3 is 0 Å². The molecule has 98 valence electrons. The number of hydrogen-bond acceptors (Lipinski definition) is 3. The fraction of sp³-hybridized carbons (Fsp3) is 0.500. The molecule has 1 unspecified atom stereocenters. The van der Waals surface area contributed by atoms with Crippen LogP contribution in [0.3, 0.4) is 0 Å². The lowest BCUT2D eigenvalue weighted by molar-refractivity contribution is -0.114. The fourth-order valence-corrected chi connectivity index (χ4v) is 3.25. The Morgan fingerprint density at radius 1 is 1.44 bits per heavy atom. The van der Waals surface area contributed by atoms with Gasteiger partial charge < -0.3 is 10.6 Å². The molecule has 4 heteroatoms.